The van der Waals surface area contributed by atoms with Crippen molar-refractivity contribution >= 4 is 39.0 Å². The highest BCUT2D eigenvalue weighted by atomic mass is 35.5. The number of hydrogen-bond acceptors (Lipinski definition) is 6. The molecule has 28 heavy (non-hydrogen) atoms. The largest absolute Gasteiger partial charge is 0.496 e. The number of hydrogen-bond donors (Lipinski definition) is 0. The van der Waals surface area contributed by atoms with Crippen LogP contribution in [0.2, 0.25) is 5.02 Å². The Morgan fingerprint density at radius 1 is 1.14 bits per heavy atom. The number of rotatable bonds is 4. The Balaban J connectivity index is 1.33. The summed E-state index contributed by atoms with van der Waals surface area (Å²) in [6.45, 7) is 4.78. The number of thiophene rings is 1. The van der Waals surface area contributed by atoms with Gasteiger partial charge in [0.25, 0.3) is 0 Å². The first kappa shape index (κ1) is 18.2. The fourth-order valence-electron chi connectivity index (χ4n) is 4.38. The van der Waals surface area contributed by atoms with Crippen molar-refractivity contribution in [2.75, 3.05) is 38.2 Å². The van der Waals surface area contributed by atoms with Crippen LogP contribution in [0.4, 0.5) is 5.82 Å². The summed E-state index contributed by atoms with van der Waals surface area (Å²) in [5.74, 6) is 2.03. The summed E-state index contributed by atoms with van der Waals surface area (Å²) in [5.41, 5.74) is 2.64. The number of aryl methyl sites for hydroxylation is 2. The molecule has 0 unspecified atom stereocenters. The van der Waals surface area contributed by atoms with Gasteiger partial charge in [-0.3, -0.25) is 4.90 Å². The molecule has 1 aliphatic carbocycles. The first-order valence-corrected chi connectivity index (χ1v) is 11.0. The monoisotopic (exact) mass is 414 g/mol. The number of ether oxygens (including phenoxy) is 1. The van der Waals surface area contributed by atoms with Crippen LogP contribution in [0.3, 0.4) is 0 Å². The van der Waals surface area contributed by atoms with Gasteiger partial charge in [0.2, 0.25) is 0 Å². The van der Waals surface area contributed by atoms with Crippen LogP contribution in [0.1, 0.15) is 22.4 Å². The maximum absolute atomic E-state index is 6.19. The maximum Gasteiger partial charge on any atom is 0.141 e. The van der Waals surface area contributed by atoms with Crippen molar-refractivity contribution in [1.29, 1.82) is 0 Å². The third-order valence-electron chi connectivity index (χ3n) is 5.79. The van der Waals surface area contributed by atoms with Crippen LogP contribution in [0, 0.1) is 0 Å². The van der Waals surface area contributed by atoms with Gasteiger partial charge in [-0.2, -0.15) is 0 Å². The van der Waals surface area contributed by atoms with Gasteiger partial charge in [0.05, 0.1) is 12.5 Å². The van der Waals surface area contributed by atoms with E-state index in [2.05, 4.69) is 14.8 Å². The maximum atomic E-state index is 6.19. The lowest BCUT2D eigenvalue weighted by Gasteiger charge is -2.36. The third kappa shape index (κ3) is 3.23. The van der Waals surface area contributed by atoms with Crippen molar-refractivity contribution < 1.29 is 4.74 Å². The molecule has 1 aromatic carbocycles. The normalized spacial score (nSPS) is 17.3. The number of anilines is 1. The summed E-state index contributed by atoms with van der Waals surface area (Å²) >= 11 is 8.05. The molecule has 2 aliphatic rings. The second kappa shape index (κ2) is 7.50. The van der Waals surface area contributed by atoms with Gasteiger partial charge in [-0.05, 0) is 43.0 Å². The molecule has 5 nitrogen and oxygen atoms in total. The Morgan fingerprint density at radius 3 is 2.82 bits per heavy atom. The highest BCUT2D eigenvalue weighted by Gasteiger charge is 2.26. The molecule has 0 bridgehead atoms. The fourth-order valence-corrected chi connectivity index (χ4v) is 5.80. The molecular weight excluding hydrogens is 392 g/mol. The summed E-state index contributed by atoms with van der Waals surface area (Å²) in [6.07, 6.45) is 5.36. The van der Waals surface area contributed by atoms with E-state index in [1.165, 1.54) is 35.1 Å². The topological polar surface area (TPSA) is 41.5 Å². The second-order valence-corrected chi connectivity index (χ2v) is 8.97. The summed E-state index contributed by atoms with van der Waals surface area (Å²) in [5, 5.41) is 2.06. The SMILES string of the molecule is COc1ccc(Cl)cc1CN1CCN(c2ncnc3sc4c(c23)CCC4)CC1. The van der Waals surface area contributed by atoms with Gasteiger partial charge < -0.3 is 9.64 Å². The van der Waals surface area contributed by atoms with E-state index in [0.717, 1.165) is 59.7 Å². The first-order chi connectivity index (χ1) is 13.7. The third-order valence-corrected chi connectivity index (χ3v) is 7.22. The van der Waals surface area contributed by atoms with E-state index in [-0.39, 0.29) is 0 Å². The number of halogens is 1. The van der Waals surface area contributed by atoms with Crippen LogP contribution in [0.25, 0.3) is 10.2 Å². The van der Waals surface area contributed by atoms with E-state index in [1.54, 1.807) is 13.4 Å². The zero-order valence-corrected chi connectivity index (χ0v) is 17.5. The van der Waals surface area contributed by atoms with Crippen LogP contribution in [-0.4, -0.2) is 48.2 Å². The average molecular weight is 415 g/mol. The highest BCUT2D eigenvalue weighted by Crippen LogP contribution is 2.40. The standard InChI is InChI=1S/C21H23ClN4OS/c1-27-17-6-5-15(22)11-14(17)12-25-7-9-26(10-8-25)20-19-16-3-2-4-18(16)28-21(19)24-13-23-20/h5-6,11,13H,2-4,7-10,12H2,1H3. The summed E-state index contributed by atoms with van der Waals surface area (Å²) < 4.78 is 5.50. The molecule has 0 N–H and O–H groups in total. The Hall–Kier alpha value is -1.89. The molecule has 146 valence electrons. The van der Waals surface area contributed by atoms with Crippen LogP contribution < -0.4 is 9.64 Å². The number of benzene rings is 1. The molecule has 1 saturated heterocycles. The predicted molar refractivity (Wildman–Crippen MR) is 115 cm³/mol. The van der Waals surface area contributed by atoms with Crippen LogP contribution in [-0.2, 0) is 19.4 Å². The lowest BCUT2D eigenvalue weighted by molar-refractivity contribution is 0.246. The minimum Gasteiger partial charge on any atom is -0.496 e. The minimum atomic E-state index is 0.754. The summed E-state index contributed by atoms with van der Waals surface area (Å²) in [4.78, 5) is 16.8. The smallest absolute Gasteiger partial charge is 0.141 e. The summed E-state index contributed by atoms with van der Waals surface area (Å²) in [6, 6.07) is 5.83. The number of fused-ring (bicyclic) bond motifs is 3. The number of piperazine rings is 1. The zero-order valence-electron chi connectivity index (χ0n) is 15.9. The van der Waals surface area contributed by atoms with Gasteiger partial charge in [0.1, 0.15) is 22.7 Å². The van der Waals surface area contributed by atoms with Crippen molar-refractivity contribution in [2.24, 2.45) is 0 Å². The second-order valence-electron chi connectivity index (χ2n) is 7.45. The lowest BCUT2D eigenvalue weighted by Crippen LogP contribution is -2.46. The van der Waals surface area contributed by atoms with E-state index >= 15 is 0 Å². The average Bonchev–Trinajstić information content (AvgIpc) is 3.30. The Bertz CT molecular complexity index is 1010. The Morgan fingerprint density at radius 2 is 2.00 bits per heavy atom. The molecule has 0 atom stereocenters. The molecule has 1 fully saturated rings. The van der Waals surface area contributed by atoms with Gasteiger partial charge in [-0.25, -0.2) is 9.97 Å². The van der Waals surface area contributed by atoms with Crippen molar-refractivity contribution in [3.63, 3.8) is 0 Å². The number of methoxy groups -OCH3 is 1. The molecule has 2 aromatic heterocycles. The van der Waals surface area contributed by atoms with Crippen LogP contribution >= 0.6 is 22.9 Å². The Kier molecular flexibility index (Phi) is 4.87. The van der Waals surface area contributed by atoms with Gasteiger partial charge in [0, 0.05) is 48.2 Å². The fraction of sp³-hybridized carbons (Fsp3) is 0.429. The van der Waals surface area contributed by atoms with Gasteiger partial charge in [-0.1, -0.05) is 11.6 Å². The van der Waals surface area contributed by atoms with E-state index < -0.39 is 0 Å². The molecule has 0 spiro atoms. The number of aromatic nitrogens is 2. The first-order valence-electron chi connectivity index (χ1n) is 9.78. The lowest BCUT2D eigenvalue weighted by atomic mass is 10.1. The molecular formula is C21H23ClN4OS. The molecule has 7 heteroatoms. The molecule has 5 rings (SSSR count). The zero-order chi connectivity index (χ0) is 19.1. The molecule has 0 radical (unpaired) electrons. The Labute approximate surface area is 173 Å². The molecule has 1 aliphatic heterocycles. The predicted octanol–water partition coefficient (Wildman–Crippen LogP) is 4.16. The van der Waals surface area contributed by atoms with Gasteiger partial charge in [-0.15, -0.1) is 11.3 Å². The molecule has 3 heterocycles. The molecule has 3 aromatic rings. The van der Waals surface area contributed by atoms with Crippen LogP contribution in [0.15, 0.2) is 24.5 Å². The quantitative estimate of drug-likeness (QED) is 0.641. The van der Waals surface area contributed by atoms with E-state index in [4.69, 9.17) is 21.3 Å². The number of nitrogens with zero attached hydrogens (tertiary/aromatic N) is 4. The van der Waals surface area contributed by atoms with Gasteiger partial charge >= 0.3 is 0 Å². The minimum absolute atomic E-state index is 0.754. The van der Waals surface area contributed by atoms with Crippen molar-refractivity contribution in [3.05, 3.63) is 45.6 Å². The highest BCUT2D eigenvalue weighted by molar-refractivity contribution is 7.19. The summed E-state index contributed by atoms with van der Waals surface area (Å²) in [7, 11) is 1.71. The van der Waals surface area contributed by atoms with E-state index in [1.807, 2.05) is 29.5 Å². The van der Waals surface area contributed by atoms with E-state index in [0.29, 0.717) is 0 Å². The van der Waals surface area contributed by atoms with E-state index in [9.17, 15) is 0 Å². The van der Waals surface area contributed by atoms with Crippen molar-refractivity contribution in [1.82, 2.24) is 14.9 Å². The molecule has 0 saturated carbocycles. The van der Waals surface area contributed by atoms with Crippen molar-refractivity contribution in [3.8, 4) is 5.75 Å². The van der Waals surface area contributed by atoms with Crippen LogP contribution in [0.5, 0.6) is 5.75 Å². The van der Waals surface area contributed by atoms with Crippen molar-refractivity contribution in [2.45, 2.75) is 25.8 Å². The van der Waals surface area contributed by atoms with Gasteiger partial charge in [0.15, 0.2) is 0 Å². The molecule has 0 amide bonds.